The molecular formula is C25H24F4N4O2. The number of amides is 1. The molecule has 35 heavy (non-hydrogen) atoms. The van der Waals surface area contributed by atoms with Crippen molar-refractivity contribution in [2.45, 2.75) is 12.6 Å². The molecule has 0 radical (unpaired) electrons. The maximum Gasteiger partial charge on any atom is 0.419 e. The summed E-state index contributed by atoms with van der Waals surface area (Å²) < 4.78 is 58.6. The number of alkyl halides is 3. The van der Waals surface area contributed by atoms with Crippen LogP contribution in [0.3, 0.4) is 0 Å². The van der Waals surface area contributed by atoms with Gasteiger partial charge in [-0.1, -0.05) is 24.8 Å². The number of halogens is 4. The Morgan fingerprint density at radius 1 is 1.29 bits per heavy atom. The third-order valence-electron chi connectivity index (χ3n) is 5.36. The van der Waals surface area contributed by atoms with E-state index >= 15 is 0 Å². The quantitative estimate of drug-likeness (QED) is 0.200. The smallest absolute Gasteiger partial charge is 0.419 e. The van der Waals surface area contributed by atoms with Crippen LogP contribution in [-0.4, -0.2) is 32.8 Å². The van der Waals surface area contributed by atoms with Crippen molar-refractivity contribution in [3.05, 3.63) is 89.4 Å². The molecule has 2 aromatic rings. The number of hydrogen-bond donors (Lipinski definition) is 1. The Bertz CT molecular complexity index is 1220. The van der Waals surface area contributed by atoms with Gasteiger partial charge in [-0.2, -0.15) is 13.2 Å². The minimum absolute atomic E-state index is 0.0110. The van der Waals surface area contributed by atoms with Gasteiger partial charge in [-0.25, -0.2) is 10.2 Å². The molecule has 1 aliphatic heterocycles. The number of hydrazine groups is 1. The predicted octanol–water partition coefficient (Wildman–Crippen LogP) is 4.82. The fraction of sp³-hybridized carbons (Fsp3) is 0.200. The van der Waals surface area contributed by atoms with Crippen molar-refractivity contribution in [2.75, 3.05) is 30.6 Å². The third kappa shape index (κ3) is 5.78. The largest absolute Gasteiger partial charge is 0.482 e. The Morgan fingerprint density at radius 2 is 2.03 bits per heavy atom. The number of fused-ring (bicyclic) bond motifs is 1. The minimum Gasteiger partial charge on any atom is -0.482 e. The molecule has 2 N–H and O–H groups in total. The van der Waals surface area contributed by atoms with Crippen LogP contribution in [0.4, 0.5) is 28.9 Å². The highest BCUT2D eigenvalue weighted by molar-refractivity contribution is 5.97. The summed E-state index contributed by atoms with van der Waals surface area (Å²) in [6.07, 6.45) is 1.88. The van der Waals surface area contributed by atoms with Crippen molar-refractivity contribution < 1.29 is 27.1 Å². The second-order valence-electron chi connectivity index (χ2n) is 7.60. The number of nitrogens with zero attached hydrogens (tertiary/aromatic N) is 3. The van der Waals surface area contributed by atoms with Crippen LogP contribution in [0.5, 0.6) is 5.75 Å². The molecule has 1 aliphatic rings. The van der Waals surface area contributed by atoms with Crippen LogP contribution < -0.4 is 20.5 Å². The number of benzene rings is 2. The molecule has 0 spiro atoms. The van der Waals surface area contributed by atoms with E-state index in [1.807, 2.05) is 6.07 Å². The van der Waals surface area contributed by atoms with Crippen molar-refractivity contribution in [1.82, 2.24) is 0 Å². The zero-order chi connectivity index (χ0) is 25.8. The average molecular weight is 488 g/mol. The predicted molar refractivity (Wildman–Crippen MR) is 128 cm³/mol. The highest BCUT2D eigenvalue weighted by Crippen LogP contribution is 2.34. The van der Waals surface area contributed by atoms with E-state index in [1.165, 1.54) is 17.2 Å². The summed E-state index contributed by atoms with van der Waals surface area (Å²) in [5.74, 6) is 5.19. The molecule has 0 aliphatic carbocycles. The van der Waals surface area contributed by atoms with Crippen molar-refractivity contribution >= 4 is 23.5 Å². The number of anilines is 2. The van der Waals surface area contributed by atoms with Crippen LogP contribution >= 0.6 is 0 Å². The first-order chi connectivity index (χ1) is 16.6. The van der Waals surface area contributed by atoms with E-state index < -0.39 is 17.6 Å². The molecule has 0 atom stereocenters. The first-order valence-corrected chi connectivity index (χ1v) is 10.5. The van der Waals surface area contributed by atoms with E-state index in [0.717, 1.165) is 22.7 Å². The van der Waals surface area contributed by atoms with E-state index in [0.29, 0.717) is 35.2 Å². The molecule has 1 heterocycles. The summed E-state index contributed by atoms with van der Waals surface area (Å²) in [5.41, 5.74) is 0.972. The second kappa shape index (κ2) is 10.6. The van der Waals surface area contributed by atoms with Gasteiger partial charge in [0.1, 0.15) is 11.6 Å². The number of ether oxygens (including phenoxy) is 1. The molecule has 0 saturated carbocycles. The molecule has 1 amide bonds. The van der Waals surface area contributed by atoms with Gasteiger partial charge in [0.05, 0.1) is 22.6 Å². The molecule has 2 aromatic carbocycles. The Labute approximate surface area is 200 Å². The number of carbonyl (C=O) groups is 1. The van der Waals surface area contributed by atoms with Crippen LogP contribution in [0, 0.1) is 5.82 Å². The highest BCUT2D eigenvalue weighted by atomic mass is 19.4. The molecule has 6 nitrogen and oxygen atoms in total. The standard InChI is InChI=1S/C25H24F4N4O2/c1-4-17(11-12-31-2)21(33(30)18-7-8-19(20(26)14-18)25(27,28)29)9-5-16-6-10-22-23(13-16)35-15-24(34)32(22)3/h4,6-14H,1,5,15,30H2,2-3H3/b17-11+,21-9-,31-12?. The number of aliphatic imine (C=N–C) groups is 1. The van der Waals surface area contributed by atoms with Gasteiger partial charge in [0.25, 0.3) is 5.91 Å². The molecular weight excluding hydrogens is 464 g/mol. The van der Waals surface area contributed by atoms with Gasteiger partial charge < -0.3 is 9.64 Å². The summed E-state index contributed by atoms with van der Waals surface area (Å²) in [7, 11) is 3.23. The van der Waals surface area contributed by atoms with Crippen molar-refractivity contribution in [3.63, 3.8) is 0 Å². The minimum atomic E-state index is -4.82. The molecule has 3 rings (SSSR count). The van der Waals surface area contributed by atoms with E-state index in [4.69, 9.17) is 10.6 Å². The van der Waals surface area contributed by atoms with Crippen LogP contribution in [0.1, 0.15) is 11.1 Å². The maximum atomic E-state index is 14.2. The Kier molecular flexibility index (Phi) is 7.75. The van der Waals surface area contributed by atoms with Crippen LogP contribution in [0.25, 0.3) is 0 Å². The summed E-state index contributed by atoms with van der Waals surface area (Å²) >= 11 is 0. The van der Waals surface area contributed by atoms with E-state index in [-0.39, 0.29) is 18.2 Å². The van der Waals surface area contributed by atoms with Crippen LogP contribution in [0.15, 0.2) is 77.5 Å². The molecule has 0 saturated heterocycles. The summed E-state index contributed by atoms with van der Waals surface area (Å²) in [6, 6.07) is 7.82. The van der Waals surface area contributed by atoms with Gasteiger partial charge in [-0.3, -0.25) is 14.8 Å². The topological polar surface area (TPSA) is 71.2 Å². The number of rotatable bonds is 7. The first kappa shape index (κ1) is 25.7. The van der Waals surface area contributed by atoms with Crippen molar-refractivity contribution in [1.29, 1.82) is 0 Å². The number of carbonyl (C=O) groups excluding carboxylic acids is 1. The van der Waals surface area contributed by atoms with Gasteiger partial charge in [0.2, 0.25) is 0 Å². The Hall–Kier alpha value is -3.92. The summed E-state index contributed by atoms with van der Waals surface area (Å²) in [5, 5.41) is 1.08. The number of allylic oxidation sites excluding steroid dienone is 3. The van der Waals surface area contributed by atoms with E-state index in [2.05, 4.69) is 11.6 Å². The highest BCUT2D eigenvalue weighted by Gasteiger charge is 2.34. The average Bonchev–Trinajstić information content (AvgIpc) is 2.82. The lowest BCUT2D eigenvalue weighted by Gasteiger charge is -2.26. The zero-order valence-corrected chi connectivity index (χ0v) is 19.1. The lowest BCUT2D eigenvalue weighted by atomic mass is 10.0. The van der Waals surface area contributed by atoms with Crippen LogP contribution in [-0.2, 0) is 17.4 Å². The first-order valence-electron chi connectivity index (χ1n) is 10.5. The fourth-order valence-corrected chi connectivity index (χ4v) is 3.45. The normalized spacial score (nSPS) is 14.7. The number of nitrogens with two attached hydrogens (primary N) is 1. The Balaban J connectivity index is 1.98. The third-order valence-corrected chi connectivity index (χ3v) is 5.36. The van der Waals surface area contributed by atoms with Gasteiger partial charge in [-0.05, 0) is 48.4 Å². The van der Waals surface area contributed by atoms with Crippen molar-refractivity contribution in [2.24, 2.45) is 10.8 Å². The van der Waals surface area contributed by atoms with Gasteiger partial charge in [0, 0.05) is 25.9 Å². The van der Waals surface area contributed by atoms with Crippen molar-refractivity contribution in [3.8, 4) is 5.75 Å². The lowest BCUT2D eigenvalue weighted by Crippen LogP contribution is -2.35. The van der Waals surface area contributed by atoms with E-state index in [9.17, 15) is 22.4 Å². The van der Waals surface area contributed by atoms with Gasteiger partial charge >= 0.3 is 6.18 Å². The van der Waals surface area contributed by atoms with Gasteiger partial charge in [-0.15, -0.1) is 0 Å². The van der Waals surface area contributed by atoms with Gasteiger partial charge in [0.15, 0.2) is 6.61 Å². The molecule has 10 heteroatoms. The SMILES string of the molecule is C=CC(=C\C=NC)/C(=C/Cc1ccc2c(c1)OCC(=O)N2C)N(N)c1ccc(C(F)(F)F)c(F)c1. The number of hydrogen-bond acceptors (Lipinski definition) is 5. The molecule has 0 fully saturated rings. The summed E-state index contributed by atoms with van der Waals surface area (Å²) in [4.78, 5) is 17.2. The molecule has 0 unspecified atom stereocenters. The van der Waals surface area contributed by atoms with E-state index in [1.54, 1.807) is 38.4 Å². The fourth-order valence-electron chi connectivity index (χ4n) is 3.45. The zero-order valence-electron chi connectivity index (χ0n) is 19.1. The lowest BCUT2D eigenvalue weighted by molar-refractivity contribution is -0.140. The Morgan fingerprint density at radius 3 is 2.66 bits per heavy atom. The monoisotopic (exact) mass is 488 g/mol. The number of likely N-dealkylation sites (N-methyl/N-ethyl adjacent to an activating group) is 1. The summed E-state index contributed by atoms with van der Waals surface area (Å²) in [6.45, 7) is 3.70. The second-order valence-corrected chi connectivity index (χ2v) is 7.60. The molecule has 0 bridgehead atoms. The van der Waals surface area contributed by atoms with Crippen LogP contribution in [0.2, 0.25) is 0 Å². The maximum absolute atomic E-state index is 14.2. The molecule has 184 valence electrons. The molecule has 0 aromatic heterocycles.